The number of nitrogens with two attached hydrogens (primary N) is 1. The van der Waals surface area contributed by atoms with E-state index in [0.717, 1.165) is 0 Å². The van der Waals surface area contributed by atoms with Gasteiger partial charge in [0.1, 0.15) is 0 Å². The van der Waals surface area contributed by atoms with Gasteiger partial charge in [-0.2, -0.15) is 0 Å². The Balaban J connectivity index is 2.60. The van der Waals surface area contributed by atoms with Crippen LogP contribution >= 0.6 is 0 Å². The van der Waals surface area contributed by atoms with E-state index in [1.807, 2.05) is 0 Å². The number of aryl methyl sites for hydroxylation is 3. The number of hydrogen-bond acceptors (Lipinski definition) is 1. The lowest BCUT2D eigenvalue weighted by molar-refractivity contribution is 1.07. The highest BCUT2D eigenvalue weighted by molar-refractivity contribution is 5.71. The van der Waals surface area contributed by atoms with Gasteiger partial charge in [-0.3, -0.25) is 0 Å². The normalized spacial score (nSPS) is 10.6. The van der Waals surface area contributed by atoms with Crippen LogP contribution in [-0.2, 0) is 6.54 Å². The van der Waals surface area contributed by atoms with Gasteiger partial charge >= 0.3 is 0 Å². The Hall–Kier alpha value is -1.60. The summed E-state index contributed by atoms with van der Waals surface area (Å²) in [5.41, 5.74) is 13.5. The Morgan fingerprint density at radius 3 is 2.18 bits per heavy atom. The van der Waals surface area contributed by atoms with Crippen molar-refractivity contribution in [3.05, 3.63) is 58.7 Å². The quantitative estimate of drug-likeness (QED) is 0.828. The van der Waals surface area contributed by atoms with Crippen LogP contribution in [0.25, 0.3) is 11.1 Å². The van der Waals surface area contributed by atoms with Crippen molar-refractivity contribution in [2.24, 2.45) is 5.73 Å². The zero-order valence-electron chi connectivity index (χ0n) is 10.7. The standard InChI is InChI=1S/C16H19N/c1-11-7-12(2)16(13(3)8-11)15-6-4-5-14(9-15)10-17/h4-9H,10,17H2,1-3H3. The van der Waals surface area contributed by atoms with Crippen LogP contribution in [0, 0.1) is 20.8 Å². The molecule has 0 aromatic heterocycles. The lowest BCUT2D eigenvalue weighted by Crippen LogP contribution is -1.97. The topological polar surface area (TPSA) is 26.0 Å². The summed E-state index contributed by atoms with van der Waals surface area (Å²) in [7, 11) is 0. The second-order valence-corrected chi connectivity index (χ2v) is 4.68. The zero-order chi connectivity index (χ0) is 12.4. The molecule has 2 rings (SSSR count). The first-order chi connectivity index (χ1) is 8.11. The summed E-state index contributed by atoms with van der Waals surface area (Å²) in [6, 6.07) is 13.0. The van der Waals surface area contributed by atoms with Crippen molar-refractivity contribution in [2.75, 3.05) is 0 Å². The zero-order valence-corrected chi connectivity index (χ0v) is 10.7. The lowest BCUT2D eigenvalue weighted by atomic mass is 9.93. The van der Waals surface area contributed by atoms with Crippen LogP contribution in [0.5, 0.6) is 0 Å². The van der Waals surface area contributed by atoms with Gasteiger partial charge in [0.05, 0.1) is 0 Å². The maximum absolute atomic E-state index is 5.70. The summed E-state index contributed by atoms with van der Waals surface area (Å²) in [5.74, 6) is 0. The molecule has 0 spiro atoms. The fraction of sp³-hybridized carbons (Fsp3) is 0.250. The van der Waals surface area contributed by atoms with Crippen molar-refractivity contribution in [1.82, 2.24) is 0 Å². The molecule has 0 aliphatic heterocycles. The summed E-state index contributed by atoms with van der Waals surface area (Å²) in [6.45, 7) is 7.08. The largest absolute Gasteiger partial charge is 0.326 e. The molecule has 0 unspecified atom stereocenters. The number of benzene rings is 2. The minimum absolute atomic E-state index is 0.595. The van der Waals surface area contributed by atoms with E-state index >= 15 is 0 Å². The van der Waals surface area contributed by atoms with Crippen molar-refractivity contribution in [1.29, 1.82) is 0 Å². The average molecular weight is 225 g/mol. The Kier molecular flexibility index (Phi) is 3.30. The van der Waals surface area contributed by atoms with Gasteiger partial charge in [0, 0.05) is 6.54 Å². The molecule has 17 heavy (non-hydrogen) atoms. The van der Waals surface area contributed by atoms with Crippen molar-refractivity contribution in [3.63, 3.8) is 0 Å². The minimum Gasteiger partial charge on any atom is -0.326 e. The molecule has 1 nitrogen and oxygen atoms in total. The second-order valence-electron chi connectivity index (χ2n) is 4.68. The maximum Gasteiger partial charge on any atom is 0.0178 e. The molecule has 0 amide bonds. The molecular formula is C16H19N. The molecule has 88 valence electrons. The van der Waals surface area contributed by atoms with Gasteiger partial charge in [0.15, 0.2) is 0 Å². The predicted octanol–water partition coefficient (Wildman–Crippen LogP) is 3.74. The molecule has 0 atom stereocenters. The number of hydrogen-bond donors (Lipinski definition) is 1. The fourth-order valence-electron chi connectivity index (χ4n) is 2.49. The van der Waals surface area contributed by atoms with Gasteiger partial charge in [-0.25, -0.2) is 0 Å². The highest BCUT2D eigenvalue weighted by atomic mass is 14.5. The molecule has 0 radical (unpaired) electrons. The minimum atomic E-state index is 0.595. The molecule has 0 fully saturated rings. The third-order valence-electron chi connectivity index (χ3n) is 3.13. The van der Waals surface area contributed by atoms with Gasteiger partial charge in [-0.05, 0) is 54.7 Å². The highest BCUT2D eigenvalue weighted by Crippen LogP contribution is 2.28. The van der Waals surface area contributed by atoms with E-state index in [4.69, 9.17) is 5.73 Å². The van der Waals surface area contributed by atoms with Crippen LogP contribution in [0.4, 0.5) is 0 Å². The third kappa shape index (κ3) is 2.40. The van der Waals surface area contributed by atoms with E-state index in [-0.39, 0.29) is 0 Å². The summed E-state index contributed by atoms with van der Waals surface area (Å²) < 4.78 is 0. The van der Waals surface area contributed by atoms with Gasteiger partial charge < -0.3 is 5.73 Å². The van der Waals surface area contributed by atoms with E-state index in [9.17, 15) is 0 Å². The molecule has 0 aliphatic carbocycles. The highest BCUT2D eigenvalue weighted by Gasteiger charge is 2.06. The van der Waals surface area contributed by atoms with Crippen LogP contribution < -0.4 is 5.73 Å². The Labute approximate surface area is 103 Å². The van der Waals surface area contributed by atoms with Crippen molar-refractivity contribution in [2.45, 2.75) is 27.3 Å². The maximum atomic E-state index is 5.70. The molecule has 1 heteroatoms. The third-order valence-corrected chi connectivity index (χ3v) is 3.13. The molecule has 0 bridgehead atoms. The van der Waals surface area contributed by atoms with Crippen LogP contribution in [-0.4, -0.2) is 0 Å². The van der Waals surface area contributed by atoms with Crippen LogP contribution in [0.15, 0.2) is 36.4 Å². The van der Waals surface area contributed by atoms with Crippen LogP contribution in [0.3, 0.4) is 0 Å². The van der Waals surface area contributed by atoms with Crippen molar-refractivity contribution >= 4 is 0 Å². The first-order valence-corrected chi connectivity index (χ1v) is 5.99. The molecular weight excluding hydrogens is 206 g/mol. The SMILES string of the molecule is Cc1cc(C)c(-c2cccc(CN)c2)c(C)c1. The van der Waals surface area contributed by atoms with Gasteiger partial charge in [-0.1, -0.05) is 35.9 Å². The van der Waals surface area contributed by atoms with Gasteiger partial charge in [-0.15, -0.1) is 0 Å². The van der Waals surface area contributed by atoms with Gasteiger partial charge in [0.25, 0.3) is 0 Å². The second kappa shape index (κ2) is 4.72. The molecule has 2 N–H and O–H groups in total. The summed E-state index contributed by atoms with van der Waals surface area (Å²) >= 11 is 0. The molecule has 0 saturated heterocycles. The fourth-order valence-corrected chi connectivity index (χ4v) is 2.49. The average Bonchev–Trinajstić information content (AvgIpc) is 2.28. The summed E-state index contributed by atoms with van der Waals surface area (Å²) in [6.07, 6.45) is 0. The Morgan fingerprint density at radius 1 is 0.941 bits per heavy atom. The van der Waals surface area contributed by atoms with Crippen molar-refractivity contribution < 1.29 is 0 Å². The van der Waals surface area contributed by atoms with E-state index in [1.54, 1.807) is 0 Å². The Bertz CT molecular complexity index is 518. The van der Waals surface area contributed by atoms with Gasteiger partial charge in [0.2, 0.25) is 0 Å². The van der Waals surface area contributed by atoms with E-state index in [0.29, 0.717) is 6.54 Å². The Morgan fingerprint density at radius 2 is 1.59 bits per heavy atom. The smallest absolute Gasteiger partial charge is 0.0178 e. The lowest BCUT2D eigenvalue weighted by Gasteiger charge is -2.12. The molecule has 2 aromatic rings. The predicted molar refractivity (Wildman–Crippen MR) is 74.0 cm³/mol. The number of rotatable bonds is 2. The van der Waals surface area contributed by atoms with Crippen LogP contribution in [0.1, 0.15) is 22.3 Å². The molecule has 0 saturated carbocycles. The van der Waals surface area contributed by atoms with E-state index < -0.39 is 0 Å². The first-order valence-electron chi connectivity index (χ1n) is 5.99. The first kappa shape index (κ1) is 11.9. The van der Waals surface area contributed by atoms with Crippen molar-refractivity contribution in [3.8, 4) is 11.1 Å². The van der Waals surface area contributed by atoms with Crippen LogP contribution in [0.2, 0.25) is 0 Å². The monoisotopic (exact) mass is 225 g/mol. The molecule has 0 heterocycles. The molecule has 0 aliphatic rings. The van der Waals surface area contributed by atoms with E-state index in [2.05, 4.69) is 57.2 Å². The molecule has 2 aromatic carbocycles. The summed E-state index contributed by atoms with van der Waals surface area (Å²) in [5, 5.41) is 0. The van der Waals surface area contributed by atoms with E-state index in [1.165, 1.54) is 33.4 Å². The summed E-state index contributed by atoms with van der Waals surface area (Å²) in [4.78, 5) is 0.